The largest absolute Gasteiger partial charge is 0.454 e. The van der Waals surface area contributed by atoms with Crippen molar-refractivity contribution in [2.45, 2.75) is 59.5 Å². The zero-order chi connectivity index (χ0) is 21.0. The summed E-state index contributed by atoms with van der Waals surface area (Å²) in [6.45, 7) is 11.1. The van der Waals surface area contributed by atoms with Crippen LogP contribution in [0.1, 0.15) is 41.5 Å². The van der Waals surface area contributed by atoms with Gasteiger partial charge in [0.2, 0.25) is 0 Å². The summed E-state index contributed by atoms with van der Waals surface area (Å²) in [6, 6.07) is 0. The van der Waals surface area contributed by atoms with E-state index in [0.717, 1.165) is 6.20 Å². The maximum atomic E-state index is 12.8. The average Bonchev–Trinajstić information content (AvgIpc) is 2.47. The fraction of sp³-hybridized carbons (Fsp3) is 0.667. The van der Waals surface area contributed by atoms with Crippen molar-refractivity contribution >= 4 is 11.9 Å². The van der Waals surface area contributed by atoms with Crippen molar-refractivity contribution in [3.63, 3.8) is 0 Å². The quantitative estimate of drug-likeness (QED) is 0.628. The van der Waals surface area contributed by atoms with E-state index in [1.807, 2.05) is 0 Å². The molecule has 1 rings (SSSR count). The number of ether oxygens (including phenoxy) is 1. The van der Waals surface area contributed by atoms with E-state index in [4.69, 9.17) is 4.74 Å². The number of alkyl halides is 3. The highest BCUT2D eigenvalue weighted by molar-refractivity contribution is 6.03. The SMILES string of the molecule is CC(C)(C)OC(=O)NCCNC1C=C(C(C)(C)C)C(C(=O)C(F)(F)F)=CN1. The minimum absolute atomic E-state index is 0.268. The maximum Gasteiger partial charge on any atom is 0.454 e. The van der Waals surface area contributed by atoms with Crippen LogP contribution in [0, 0.1) is 5.41 Å². The van der Waals surface area contributed by atoms with Gasteiger partial charge in [0.1, 0.15) is 5.60 Å². The van der Waals surface area contributed by atoms with Crippen LogP contribution in [-0.4, -0.2) is 42.9 Å². The summed E-state index contributed by atoms with van der Waals surface area (Å²) in [6.07, 6.45) is -3.30. The van der Waals surface area contributed by atoms with Gasteiger partial charge >= 0.3 is 12.3 Å². The summed E-state index contributed by atoms with van der Waals surface area (Å²) >= 11 is 0. The lowest BCUT2D eigenvalue weighted by Crippen LogP contribution is -2.46. The summed E-state index contributed by atoms with van der Waals surface area (Å²) in [5.74, 6) is -1.87. The van der Waals surface area contributed by atoms with E-state index in [9.17, 15) is 22.8 Å². The summed E-state index contributed by atoms with van der Waals surface area (Å²) in [5.41, 5.74) is -1.33. The number of hydrogen-bond acceptors (Lipinski definition) is 5. The molecule has 0 aliphatic carbocycles. The minimum atomic E-state index is -4.94. The van der Waals surface area contributed by atoms with Crippen molar-refractivity contribution in [3.8, 4) is 0 Å². The molecule has 9 heteroatoms. The first kappa shape index (κ1) is 23.0. The number of Topliss-reactive ketones (excluding diaryl/α,β-unsaturated/α-hetero) is 1. The van der Waals surface area contributed by atoms with E-state index in [0.29, 0.717) is 12.1 Å². The van der Waals surface area contributed by atoms with E-state index < -0.39 is 35.2 Å². The normalized spacial score (nSPS) is 18.2. The van der Waals surface area contributed by atoms with Crippen LogP contribution in [0.3, 0.4) is 0 Å². The van der Waals surface area contributed by atoms with Crippen molar-refractivity contribution in [2.24, 2.45) is 5.41 Å². The van der Waals surface area contributed by atoms with Crippen LogP contribution in [0.4, 0.5) is 18.0 Å². The number of amides is 1. The molecule has 0 saturated carbocycles. The van der Waals surface area contributed by atoms with E-state index >= 15 is 0 Å². The Balaban J connectivity index is 2.68. The van der Waals surface area contributed by atoms with E-state index in [1.165, 1.54) is 0 Å². The van der Waals surface area contributed by atoms with E-state index in [-0.39, 0.29) is 12.1 Å². The Morgan fingerprint density at radius 1 is 1.11 bits per heavy atom. The third kappa shape index (κ3) is 7.62. The minimum Gasteiger partial charge on any atom is -0.444 e. The lowest BCUT2D eigenvalue weighted by atomic mass is 9.79. The number of ketones is 1. The molecule has 0 saturated heterocycles. The topological polar surface area (TPSA) is 79.5 Å². The second-order valence-electron chi connectivity index (χ2n) is 8.24. The first-order chi connectivity index (χ1) is 12.1. The van der Waals surface area contributed by atoms with Gasteiger partial charge in [-0.2, -0.15) is 13.2 Å². The highest BCUT2D eigenvalue weighted by Gasteiger charge is 2.44. The van der Waals surface area contributed by atoms with Crippen LogP contribution >= 0.6 is 0 Å². The molecule has 1 heterocycles. The Hall–Kier alpha value is -2.03. The van der Waals surface area contributed by atoms with E-state index in [2.05, 4.69) is 16.0 Å². The second kappa shape index (κ2) is 8.33. The zero-order valence-corrected chi connectivity index (χ0v) is 16.5. The fourth-order valence-electron chi connectivity index (χ4n) is 2.37. The Morgan fingerprint density at radius 3 is 2.19 bits per heavy atom. The number of rotatable bonds is 5. The Bertz CT molecular complexity index is 626. The van der Waals surface area contributed by atoms with Crippen LogP contribution in [0.15, 0.2) is 23.4 Å². The third-order valence-corrected chi connectivity index (χ3v) is 3.50. The fourth-order valence-corrected chi connectivity index (χ4v) is 2.37. The number of allylic oxidation sites excluding steroid dienone is 2. The molecular weight excluding hydrogens is 363 g/mol. The monoisotopic (exact) mass is 391 g/mol. The molecule has 1 amide bonds. The third-order valence-electron chi connectivity index (χ3n) is 3.50. The number of nitrogens with one attached hydrogen (secondary N) is 3. The summed E-state index contributed by atoms with van der Waals surface area (Å²) in [5, 5.41) is 8.36. The molecule has 27 heavy (non-hydrogen) atoms. The van der Waals surface area contributed by atoms with Crippen LogP contribution in [-0.2, 0) is 9.53 Å². The maximum absolute atomic E-state index is 12.8. The number of hydrogen-bond donors (Lipinski definition) is 3. The molecule has 0 aromatic heterocycles. The molecule has 0 spiro atoms. The number of halogens is 3. The van der Waals surface area contributed by atoms with Gasteiger partial charge in [0, 0.05) is 24.9 Å². The van der Waals surface area contributed by atoms with Gasteiger partial charge in [-0.3, -0.25) is 10.1 Å². The van der Waals surface area contributed by atoms with Crippen LogP contribution in [0.2, 0.25) is 0 Å². The first-order valence-electron chi connectivity index (χ1n) is 8.62. The molecule has 1 unspecified atom stereocenters. The second-order valence-corrected chi connectivity index (χ2v) is 8.24. The van der Waals surface area contributed by atoms with E-state index in [1.54, 1.807) is 47.6 Å². The van der Waals surface area contributed by atoms with Crippen LogP contribution in [0.5, 0.6) is 0 Å². The molecule has 1 aliphatic heterocycles. The van der Waals surface area contributed by atoms with Gasteiger partial charge < -0.3 is 15.4 Å². The predicted molar refractivity (Wildman–Crippen MR) is 95.8 cm³/mol. The molecule has 1 atom stereocenters. The molecule has 154 valence electrons. The highest BCUT2D eigenvalue weighted by atomic mass is 19.4. The van der Waals surface area contributed by atoms with Crippen molar-refractivity contribution in [3.05, 3.63) is 23.4 Å². The van der Waals surface area contributed by atoms with Crippen molar-refractivity contribution in [2.75, 3.05) is 13.1 Å². The molecule has 0 aromatic rings. The first-order valence-corrected chi connectivity index (χ1v) is 8.62. The van der Waals surface area contributed by atoms with Gasteiger partial charge in [-0.25, -0.2) is 4.79 Å². The Kier molecular flexibility index (Phi) is 7.10. The molecule has 0 radical (unpaired) electrons. The molecular formula is C18H28F3N3O3. The molecule has 0 bridgehead atoms. The van der Waals surface area contributed by atoms with Gasteiger partial charge in [0.25, 0.3) is 5.78 Å². The molecule has 0 aromatic carbocycles. The van der Waals surface area contributed by atoms with Gasteiger partial charge in [-0.15, -0.1) is 0 Å². The summed E-state index contributed by atoms with van der Waals surface area (Å²) in [7, 11) is 0. The van der Waals surface area contributed by atoms with Crippen molar-refractivity contribution in [1.82, 2.24) is 16.0 Å². The van der Waals surface area contributed by atoms with Gasteiger partial charge in [-0.05, 0) is 37.8 Å². The van der Waals surface area contributed by atoms with Gasteiger partial charge in [0.05, 0.1) is 6.17 Å². The number of alkyl carbamates (subject to hydrolysis) is 1. The number of carbonyl (C=O) groups excluding carboxylic acids is 2. The van der Waals surface area contributed by atoms with Crippen molar-refractivity contribution in [1.29, 1.82) is 0 Å². The highest BCUT2D eigenvalue weighted by Crippen LogP contribution is 2.36. The Morgan fingerprint density at radius 2 is 1.70 bits per heavy atom. The number of dihydropyridines is 1. The lowest BCUT2D eigenvalue weighted by Gasteiger charge is -2.31. The van der Waals surface area contributed by atoms with Gasteiger partial charge in [0.15, 0.2) is 0 Å². The standard InChI is InChI=1S/C18H28F3N3O3/c1-16(2,3)12-9-13(24-10-11(12)14(25)18(19,20)21)22-7-8-23-15(26)27-17(4,5)6/h9-10,13,22,24H,7-8H2,1-6H3,(H,23,26). The van der Waals surface area contributed by atoms with Crippen molar-refractivity contribution < 1.29 is 27.5 Å². The summed E-state index contributed by atoms with van der Waals surface area (Å²) in [4.78, 5) is 23.2. The smallest absolute Gasteiger partial charge is 0.444 e. The molecule has 1 aliphatic rings. The Labute approximate surface area is 157 Å². The number of carbonyl (C=O) groups is 2. The molecule has 0 fully saturated rings. The van der Waals surface area contributed by atoms with Crippen LogP contribution in [0.25, 0.3) is 0 Å². The summed E-state index contributed by atoms with van der Waals surface area (Å²) < 4.78 is 43.6. The zero-order valence-electron chi connectivity index (χ0n) is 16.5. The lowest BCUT2D eigenvalue weighted by molar-refractivity contribution is -0.166. The average molecular weight is 391 g/mol. The molecule has 3 N–H and O–H groups in total. The van der Waals surface area contributed by atoms with Gasteiger partial charge in [-0.1, -0.05) is 20.8 Å². The molecule has 6 nitrogen and oxygen atoms in total. The van der Waals surface area contributed by atoms with Crippen LogP contribution < -0.4 is 16.0 Å². The predicted octanol–water partition coefficient (Wildman–Crippen LogP) is 3.02.